The predicted octanol–water partition coefficient (Wildman–Crippen LogP) is 2.76. The molecule has 0 radical (unpaired) electrons. The van der Waals surface area contributed by atoms with Crippen molar-refractivity contribution in [2.45, 2.75) is 12.8 Å². The third-order valence-electron chi connectivity index (χ3n) is 4.03. The number of rotatable bonds is 2. The van der Waals surface area contributed by atoms with Crippen LogP contribution in [0, 0.1) is 11.8 Å². The number of pyridine rings is 1. The molecule has 96 valence electrons. The normalized spacial score (nSPS) is 26.7. The minimum Gasteiger partial charge on any atom is -0.494 e. The van der Waals surface area contributed by atoms with Crippen molar-refractivity contribution in [2.24, 2.45) is 11.8 Å². The molecule has 3 nitrogen and oxygen atoms in total. The van der Waals surface area contributed by atoms with Gasteiger partial charge in [-0.15, -0.1) is 0 Å². The Morgan fingerprint density at radius 2 is 2.39 bits per heavy atom. The van der Waals surface area contributed by atoms with Gasteiger partial charge in [-0.1, -0.05) is 17.7 Å². The van der Waals surface area contributed by atoms with Crippen LogP contribution in [0.3, 0.4) is 0 Å². The van der Waals surface area contributed by atoms with Gasteiger partial charge in [0.15, 0.2) is 10.9 Å². The van der Waals surface area contributed by atoms with Gasteiger partial charge in [-0.3, -0.25) is 0 Å². The summed E-state index contributed by atoms with van der Waals surface area (Å²) in [7, 11) is 1.63. The molecule has 1 fully saturated rings. The molecular weight excluding hydrogens is 248 g/mol. The summed E-state index contributed by atoms with van der Waals surface area (Å²) in [6.45, 7) is 2.21. The van der Waals surface area contributed by atoms with E-state index in [4.69, 9.17) is 16.3 Å². The van der Waals surface area contributed by atoms with E-state index < -0.39 is 0 Å². The van der Waals surface area contributed by atoms with Crippen molar-refractivity contribution in [2.75, 3.05) is 20.2 Å². The summed E-state index contributed by atoms with van der Waals surface area (Å²) in [6, 6.07) is 2.00. The molecule has 3 rings (SSSR count). The lowest BCUT2D eigenvalue weighted by atomic mass is 9.84. The van der Waals surface area contributed by atoms with Crippen LogP contribution in [0.15, 0.2) is 18.3 Å². The summed E-state index contributed by atoms with van der Waals surface area (Å²) in [5.41, 5.74) is 2.54. The maximum Gasteiger partial charge on any atom is 0.171 e. The van der Waals surface area contributed by atoms with Crippen molar-refractivity contribution in [1.29, 1.82) is 0 Å². The SMILES string of the molecule is COc1cc(C2=CCC3CCNCC23)cnc1Cl. The molecule has 1 aromatic heterocycles. The number of nitrogens with zero attached hydrogens (tertiary/aromatic N) is 1. The Balaban J connectivity index is 1.91. The van der Waals surface area contributed by atoms with Crippen LogP contribution < -0.4 is 10.1 Å². The molecule has 1 aromatic rings. The third kappa shape index (κ3) is 2.02. The zero-order valence-corrected chi connectivity index (χ0v) is 11.2. The molecule has 2 aliphatic rings. The number of hydrogen-bond acceptors (Lipinski definition) is 3. The van der Waals surface area contributed by atoms with E-state index in [2.05, 4.69) is 16.4 Å². The number of nitrogens with one attached hydrogen (secondary N) is 1. The number of methoxy groups -OCH3 is 1. The molecule has 4 heteroatoms. The van der Waals surface area contributed by atoms with E-state index in [-0.39, 0.29) is 0 Å². The van der Waals surface area contributed by atoms with Crippen molar-refractivity contribution >= 4 is 17.2 Å². The maximum atomic E-state index is 5.97. The lowest BCUT2D eigenvalue weighted by Crippen LogP contribution is -2.34. The molecule has 2 atom stereocenters. The minimum absolute atomic E-state index is 0.429. The van der Waals surface area contributed by atoms with E-state index in [1.807, 2.05) is 12.3 Å². The lowest BCUT2D eigenvalue weighted by molar-refractivity contribution is 0.328. The first-order valence-corrected chi connectivity index (χ1v) is 6.78. The summed E-state index contributed by atoms with van der Waals surface area (Å²) in [4.78, 5) is 4.21. The van der Waals surface area contributed by atoms with E-state index in [9.17, 15) is 0 Å². The zero-order chi connectivity index (χ0) is 12.5. The number of ether oxygens (including phenoxy) is 1. The molecule has 1 aliphatic carbocycles. The van der Waals surface area contributed by atoms with Gasteiger partial charge in [0.2, 0.25) is 0 Å². The molecule has 0 spiro atoms. The zero-order valence-electron chi connectivity index (χ0n) is 10.4. The first-order valence-electron chi connectivity index (χ1n) is 6.40. The van der Waals surface area contributed by atoms with E-state index in [0.29, 0.717) is 16.8 Å². The molecule has 1 N–H and O–H groups in total. The van der Waals surface area contributed by atoms with Gasteiger partial charge in [-0.05, 0) is 48.4 Å². The molecule has 2 unspecified atom stereocenters. The molecule has 0 aromatic carbocycles. The Kier molecular flexibility index (Phi) is 3.27. The fraction of sp³-hybridized carbons (Fsp3) is 0.500. The van der Waals surface area contributed by atoms with Gasteiger partial charge >= 0.3 is 0 Å². The predicted molar refractivity (Wildman–Crippen MR) is 72.9 cm³/mol. The van der Waals surface area contributed by atoms with Crippen LogP contribution in [0.4, 0.5) is 0 Å². The number of aromatic nitrogens is 1. The van der Waals surface area contributed by atoms with Gasteiger partial charge < -0.3 is 10.1 Å². The number of allylic oxidation sites excluding steroid dienone is 1. The quantitative estimate of drug-likeness (QED) is 0.834. The Bertz CT molecular complexity index is 487. The first kappa shape index (κ1) is 12.0. The average Bonchev–Trinajstić information content (AvgIpc) is 2.83. The number of fused-ring (bicyclic) bond motifs is 1. The lowest BCUT2D eigenvalue weighted by Gasteiger charge is -2.28. The molecule has 2 heterocycles. The van der Waals surface area contributed by atoms with Crippen LogP contribution in [0.1, 0.15) is 18.4 Å². The summed E-state index contributed by atoms with van der Waals surface area (Å²) >= 11 is 5.97. The van der Waals surface area contributed by atoms with Gasteiger partial charge in [0.25, 0.3) is 0 Å². The molecule has 0 saturated carbocycles. The van der Waals surface area contributed by atoms with E-state index >= 15 is 0 Å². The molecule has 1 saturated heterocycles. The Hall–Kier alpha value is -1.06. The van der Waals surface area contributed by atoms with Crippen LogP contribution in [-0.4, -0.2) is 25.2 Å². The van der Waals surface area contributed by atoms with Crippen molar-refractivity contribution in [1.82, 2.24) is 10.3 Å². The van der Waals surface area contributed by atoms with Crippen LogP contribution in [0.5, 0.6) is 5.75 Å². The highest BCUT2D eigenvalue weighted by Crippen LogP contribution is 2.41. The second-order valence-corrected chi connectivity index (χ2v) is 5.33. The van der Waals surface area contributed by atoms with E-state index in [0.717, 1.165) is 24.6 Å². The van der Waals surface area contributed by atoms with Gasteiger partial charge in [0, 0.05) is 12.7 Å². The van der Waals surface area contributed by atoms with Gasteiger partial charge in [0.05, 0.1) is 7.11 Å². The highest BCUT2D eigenvalue weighted by molar-refractivity contribution is 6.30. The summed E-state index contributed by atoms with van der Waals surface area (Å²) in [5, 5.41) is 3.91. The third-order valence-corrected chi connectivity index (χ3v) is 4.31. The van der Waals surface area contributed by atoms with E-state index in [1.165, 1.54) is 18.4 Å². The van der Waals surface area contributed by atoms with Crippen molar-refractivity contribution in [3.63, 3.8) is 0 Å². The fourth-order valence-corrected chi connectivity index (χ4v) is 3.23. The van der Waals surface area contributed by atoms with Gasteiger partial charge in [-0.25, -0.2) is 4.98 Å². The fourth-order valence-electron chi connectivity index (χ4n) is 3.05. The minimum atomic E-state index is 0.429. The van der Waals surface area contributed by atoms with Crippen molar-refractivity contribution < 1.29 is 4.74 Å². The Labute approximate surface area is 112 Å². The van der Waals surface area contributed by atoms with Crippen molar-refractivity contribution in [3.05, 3.63) is 29.1 Å². The van der Waals surface area contributed by atoms with Crippen LogP contribution >= 0.6 is 11.6 Å². The maximum absolute atomic E-state index is 5.97. The number of hydrogen-bond donors (Lipinski definition) is 1. The summed E-state index contributed by atoms with van der Waals surface area (Å²) in [5.74, 6) is 2.07. The van der Waals surface area contributed by atoms with Crippen LogP contribution in [-0.2, 0) is 0 Å². The van der Waals surface area contributed by atoms with Gasteiger partial charge in [-0.2, -0.15) is 0 Å². The highest BCUT2D eigenvalue weighted by atomic mass is 35.5. The van der Waals surface area contributed by atoms with Gasteiger partial charge in [0.1, 0.15) is 0 Å². The molecular formula is C14H17ClN2O. The van der Waals surface area contributed by atoms with E-state index in [1.54, 1.807) is 7.11 Å². The standard InChI is InChI=1S/C14H17ClN2O/c1-18-13-6-10(7-17-14(13)15)11-3-2-9-4-5-16-8-12(9)11/h3,6-7,9,12,16H,2,4-5,8H2,1H3. The Morgan fingerprint density at radius 3 is 3.22 bits per heavy atom. The average molecular weight is 265 g/mol. The van der Waals surface area contributed by atoms with Crippen molar-refractivity contribution in [3.8, 4) is 5.75 Å². The topological polar surface area (TPSA) is 34.1 Å². The van der Waals surface area contributed by atoms with Crippen LogP contribution in [0.2, 0.25) is 5.15 Å². The summed E-state index contributed by atoms with van der Waals surface area (Å²) < 4.78 is 5.24. The number of halogens is 1. The highest BCUT2D eigenvalue weighted by Gasteiger charge is 2.32. The monoisotopic (exact) mass is 264 g/mol. The largest absolute Gasteiger partial charge is 0.494 e. The molecule has 1 aliphatic heterocycles. The van der Waals surface area contributed by atoms with Crippen LogP contribution in [0.25, 0.3) is 5.57 Å². The molecule has 0 amide bonds. The number of piperidine rings is 1. The molecule has 0 bridgehead atoms. The second kappa shape index (κ2) is 4.90. The molecule has 18 heavy (non-hydrogen) atoms. The smallest absolute Gasteiger partial charge is 0.171 e. The summed E-state index contributed by atoms with van der Waals surface area (Å²) in [6.07, 6.45) is 6.66. The Morgan fingerprint density at radius 1 is 1.50 bits per heavy atom. The second-order valence-electron chi connectivity index (χ2n) is 4.97. The first-order chi connectivity index (χ1) is 8.79.